The summed E-state index contributed by atoms with van der Waals surface area (Å²) in [5.74, 6) is -0.903. The molecule has 4 nitrogen and oxygen atoms in total. The van der Waals surface area contributed by atoms with Gasteiger partial charge in [-0.3, -0.25) is 0 Å². The monoisotopic (exact) mass is 272 g/mol. The van der Waals surface area contributed by atoms with E-state index < -0.39 is 5.97 Å². The molecule has 0 saturated carbocycles. The summed E-state index contributed by atoms with van der Waals surface area (Å²) in [5, 5.41) is 13.2. The normalized spacial score (nSPS) is 11.0. The number of hydrogen-bond donors (Lipinski definition) is 1. The van der Waals surface area contributed by atoms with Gasteiger partial charge in [0.2, 0.25) is 0 Å². The minimum Gasteiger partial charge on any atom is -0.478 e. The molecule has 1 N–H and O–H groups in total. The van der Waals surface area contributed by atoms with Gasteiger partial charge in [-0.05, 0) is 19.1 Å². The van der Waals surface area contributed by atoms with Crippen LogP contribution >= 0.6 is 11.3 Å². The maximum atomic E-state index is 11.3. The average molecular weight is 272 g/mol. The number of benzene rings is 1. The number of aryl methyl sites for hydroxylation is 1. The molecule has 1 aromatic carbocycles. The highest BCUT2D eigenvalue weighted by Crippen LogP contribution is 2.22. The number of hydrogen-bond acceptors (Lipinski definition) is 3. The highest BCUT2D eigenvalue weighted by Gasteiger charge is 2.12. The molecule has 0 aliphatic carbocycles. The zero-order valence-electron chi connectivity index (χ0n) is 10.3. The van der Waals surface area contributed by atoms with E-state index in [-0.39, 0.29) is 0 Å². The van der Waals surface area contributed by atoms with Gasteiger partial charge in [0.1, 0.15) is 0 Å². The second kappa shape index (κ2) is 4.51. The third-order valence-corrected chi connectivity index (χ3v) is 3.84. The van der Waals surface area contributed by atoms with E-state index in [2.05, 4.69) is 4.98 Å². The van der Waals surface area contributed by atoms with Crippen molar-refractivity contribution in [3.8, 4) is 0 Å². The molecule has 0 spiro atoms. The summed E-state index contributed by atoms with van der Waals surface area (Å²) in [4.78, 5) is 15.7. The number of carbonyl (C=O) groups is 1. The maximum absolute atomic E-state index is 11.3. The molecule has 0 aliphatic heterocycles. The van der Waals surface area contributed by atoms with Crippen LogP contribution in [0.1, 0.15) is 21.1 Å². The molecule has 96 valence electrons. The lowest BCUT2D eigenvalue weighted by Gasteiger charge is -2.05. The van der Waals surface area contributed by atoms with Crippen molar-refractivity contribution in [3.63, 3.8) is 0 Å². The van der Waals surface area contributed by atoms with Crippen molar-refractivity contribution in [2.24, 2.45) is 0 Å². The molecule has 3 rings (SSSR count). The molecule has 19 heavy (non-hydrogen) atoms. The topological polar surface area (TPSA) is 55.1 Å². The lowest BCUT2D eigenvalue weighted by atomic mass is 10.1. The predicted octanol–water partition coefficient (Wildman–Crippen LogP) is 3.15. The summed E-state index contributed by atoms with van der Waals surface area (Å²) in [6, 6.07) is 7.25. The predicted molar refractivity (Wildman–Crippen MR) is 74.9 cm³/mol. The van der Waals surface area contributed by atoms with Gasteiger partial charge in [-0.15, -0.1) is 11.3 Å². The van der Waals surface area contributed by atoms with Crippen LogP contribution in [0.15, 0.2) is 35.8 Å². The second-order valence-electron chi connectivity index (χ2n) is 4.35. The Kier molecular flexibility index (Phi) is 2.83. The smallest absolute Gasteiger partial charge is 0.337 e. The lowest BCUT2D eigenvalue weighted by Crippen LogP contribution is -2.04. The van der Waals surface area contributed by atoms with Crippen molar-refractivity contribution in [1.29, 1.82) is 0 Å². The fourth-order valence-electron chi connectivity index (χ4n) is 2.22. The lowest BCUT2D eigenvalue weighted by molar-refractivity contribution is 0.0698. The van der Waals surface area contributed by atoms with Crippen LogP contribution in [-0.2, 0) is 6.54 Å². The van der Waals surface area contributed by atoms with Crippen LogP contribution in [-0.4, -0.2) is 20.6 Å². The number of fused-ring (bicyclic) bond motifs is 1. The second-order valence-corrected chi connectivity index (χ2v) is 5.41. The van der Waals surface area contributed by atoms with E-state index in [1.807, 2.05) is 35.2 Å². The molecule has 0 atom stereocenters. The fourth-order valence-corrected chi connectivity index (χ4v) is 2.82. The summed E-state index contributed by atoms with van der Waals surface area (Å²) in [6.45, 7) is 2.56. The highest BCUT2D eigenvalue weighted by molar-refractivity contribution is 7.09. The van der Waals surface area contributed by atoms with Crippen molar-refractivity contribution in [3.05, 3.63) is 52.1 Å². The van der Waals surface area contributed by atoms with Gasteiger partial charge in [-0.1, -0.05) is 12.1 Å². The first kappa shape index (κ1) is 11.9. The van der Waals surface area contributed by atoms with Crippen molar-refractivity contribution in [2.75, 3.05) is 0 Å². The van der Waals surface area contributed by atoms with Gasteiger partial charge in [0.15, 0.2) is 0 Å². The number of carboxylic acids is 1. The van der Waals surface area contributed by atoms with Gasteiger partial charge in [0.25, 0.3) is 0 Å². The van der Waals surface area contributed by atoms with Crippen LogP contribution in [0.25, 0.3) is 10.9 Å². The van der Waals surface area contributed by atoms with Crippen LogP contribution in [0.3, 0.4) is 0 Å². The molecule has 0 radical (unpaired) electrons. The van der Waals surface area contributed by atoms with Gasteiger partial charge in [0, 0.05) is 17.0 Å². The van der Waals surface area contributed by atoms with Crippen molar-refractivity contribution < 1.29 is 9.90 Å². The van der Waals surface area contributed by atoms with E-state index in [4.69, 9.17) is 0 Å². The summed E-state index contributed by atoms with van der Waals surface area (Å²) >= 11 is 1.60. The number of aromatic nitrogens is 2. The molecule has 0 fully saturated rings. The molecule has 0 unspecified atom stereocenters. The van der Waals surface area contributed by atoms with Crippen LogP contribution < -0.4 is 0 Å². The van der Waals surface area contributed by atoms with E-state index in [0.29, 0.717) is 12.1 Å². The van der Waals surface area contributed by atoms with Gasteiger partial charge in [-0.25, -0.2) is 9.78 Å². The van der Waals surface area contributed by atoms with Crippen molar-refractivity contribution in [1.82, 2.24) is 9.55 Å². The molecule has 0 amide bonds. The van der Waals surface area contributed by atoms with Gasteiger partial charge >= 0.3 is 5.97 Å². The number of thiazole rings is 1. The Morgan fingerprint density at radius 2 is 2.26 bits per heavy atom. The minimum atomic E-state index is -0.903. The Bertz CT molecular complexity index is 758. The zero-order chi connectivity index (χ0) is 13.4. The Hall–Kier alpha value is -2.14. The molecule has 0 bridgehead atoms. The van der Waals surface area contributed by atoms with Gasteiger partial charge in [-0.2, -0.15) is 0 Å². The summed E-state index contributed by atoms with van der Waals surface area (Å²) in [7, 11) is 0. The van der Waals surface area contributed by atoms with E-state index >= 15 is 0 Å². The largest absolute Gasteiger partial charge is 0.478 e. The first-order valence-corrected chi connectivity index (χ1v) is 6.75. The molecule has 2 aromatic heterocycles. The number of carboxylic acid groups (broad SMARTS) is 1. The van der Waals surface area contributed by atoms with E-state index in [9.17, 15) is 9.90 Å². The first-order valence-electron chi connectivity index (χ1n) is 5.87. The number of rotatable bonds is 3. The minimum absolute atomic E-state index is 0.328. The Morgan fingerprint density at radius 3 is 2.95 bits per heavy atom. The number of nitrogens with zero attached hydrogens (tertiary/aromatic N) is 2. The molecule has 2 heterocycles. The number of aromatic carboxylic acids is 1. The Labute approximate surface area is 113 Å². The Balaban J connectivity index is 2.11. The summed E-state index contributed by atoms with van der Waals surface area (Å²) in [5.41, 5.74) is 2.04. The van der Waals surface area contributed by atoms with Crippen LogP contribution in [0.2, 0.25) is 0 Å². The Morgan fingerprint density at radius 1 is 1.42 bits per heavy atom. The quantitative estimate of drug-likeness (QED) is 0.796. The molecule has 3 aromatic rings. The van der Waals surface area contributed by atoms with Crippen molar-refractivity contribution >= 4 is 28.2 Å². The molecular weight excluding hydrogens is 260 g/mol. The summed E-state index contributed by atoms with van der Waals surface area (Å²) < 4.78 is 1.94. The van der Waals surface area contributed by atoms with E-state index in [1.54, 1.807) is 23.5 Å². The van der Waals surface area contributed by atoms with Crippen LogP contribution in [0, 0.1) is 6.92 Å². The highest BCUT2D eigenvalue weighted by atomic mass is 32.1. The molecule has 0 saturated heterocycles. The molecule has 0 aliphatic rings. The van der Waals surface area contributed by atoms with Gasteiger partial charge in [0.05, 0.1) is 28.3 Å². The number of para-hydroxylation sites is 1. The SMILES string of the molecule is Cc1nc(Cn2ccc3cccc(C(=O)O)c32)cs1. The molecular formula is C14H12N2O2S. The zero-order valence-corrected chi connectivity index (χ0v) is 11.1. The van der Waals surface area contributed by atoms with Gasteiger partial charge < -0.3 is 9.67 Å². The summed E-state index contributed by atoms with van der Waals surface area (Å²) in [6.07, 6.45) is 1.91. The third-order valence-electron chi connectivity index (χ3n) is 3.02. The third kappa shape index (κ3) is 2.13. The first-order chi connectivity index (χ1) is 9.15. The van der Waals surface area contributed by atoms with Crippen molar-refractivity contribution in [2.45, 2.75) is 13.5 Å². The standard InChI is InChI=1S/C14H12N2O2S/c1-9-15-11(8-19-9)7-16-6-5-10-3-2-4-12(13(10)16)14(17)18/h2-6,8H,7H2,1H3,(H,17,18). The van der Waals surface area contributed by atoms with E-state index in [1.165, 1.54) is 0 Å². The maximum Gasteiger partial charge on any atom is 0.337 e. The van der Waals surface area contributed by atoms with Crippen LogP contribution in [0.5, 0.6) is 0 Å². The van der Waals surface area contributed by atoms with E-state index in [0.717, 1.165) is 21.6 Å². The average Bonchev–Trinajstić information content (AvgIpc) is 2.97. The van der Waals surface area contributed by atoms with Crippen LogP contribution in [0.4, 0.5) is 0 Å². The fraction of sp³-hybridized carbons (Fsp3) is 0.143. The molecule has 5 heteroatoms.